The van der Waals surface area contributed by atoms with E-state index in [9.17, 15) is 4.79 Å². The predicted molar refractivity (Wildman–Crippen MR) is 50.1 cm³/mol. The molecule has 5 heteroatoms. The van der Waals surface area contributed by atoms with Crippen LogP contribution >= 0.6 is 15.9 Å². The van der Waals surface area contributed by atoms with Crippen LogP contribution in [0.2, 0.25) is 0 Å². The lowest BCUT2D eigenvalue weighted by molar-refractivity contribution is -0.142. The average Bonchev–Trinajstić information content (AvgIpc) is 2.09. The Morgan fingerprint density at radius 1 is 1.54 bits per heavy atom. The van der Waals surface area contributed by atoms with Crippen LogP contribution in [0.25, 0.3) is 0 Å². The SMILES string of the molecule is CCOC(=O)Cc1cnc(Br)nc1. The lowest BCUT2D eigenvalue weighted by Crippen LogP contribution is -2.07. The molecule has 1 aromatic rings. The zero-order valence-corrected chi connectivity index (χ0v) is 8.74. The first-order valence-electron chi connectivity index (χ1n) is 3.84. The molecule has 0 spiro atoms. The summed E-state index contributed by atoms with van der Waals surface area (Å²) in [6, 6.07) is 0. The van der Waals surface area contributed by atoms with Crippen molar-refractivity contribution < 1.29 is 9.53 Å². The molecule has 0 radical (unpaired) electrons. The van der Waals surface area contributed by atoms with Crippen LogP contribution in [-0.2, 0) is 16.0 Å². The molecule has 0 aliphatic rings. The third-order valence-corrected chi connectivity index (χ3v) is 1.74. The van der Waals surface area contributed by atoms with E-state index in [0.29, 0.717) is 11.3 Å². The number of hydrogen-bond acceptors (Lipinski definition) is 4. The zero-order valence-electron chi connectivity index (χ0n) is 7.16. The third-order valence-electron chi connectivity index (χ3n) is 1.33. The Kier molecular flexibility index (Phi) is 3.82. The maximum Gasteiger partial charge on any atom is 0.310 e. The fourth-order valence-electron chi connectivity index (χ4n) is 0.809. The number of esters is 1. The Labute approximate surface area is 84.5 Å². The molecule has 0 aromatic carbocycles. The normalized spacial score (nSPS) is 9.69. The minimum absolute atomic E-state index is 0.223. The molecule has 0 unspecified atom stereocenters. The molecule has 0 aliphatic carbocycles. The maximum absolute atomic E-state index is 11.0. The van der Waals surface area contributed by atoms with Crippen LogP contribution in [0.4, 0.5) is 0 Å². The van der Waals surface area contributed by atoms with Gasteiger partial charge in [-0.05, 0) is 28.4 Å². The molecule has 0 atom stereocenters. The number of carbonyl (C=O) groups is 1. The number of aromatic nitrogens is 2. The molecule has 4 nitrogen and oxygen atoms in total. The molecular weight excluding hydrogens is 236 g/mol. The van der Waals surface area contributed by atoms with Gasteiger partial charge in [-0.3, -0.25) is 4.79 Å². The Bertz CT molecular complexity index is 287. The summed E-state index contributed by atoms with van der Waals surface area (Å²) in [5.41, 5.74) is 0.752. The van der Waals surface area contributed by atoms with Crippen molar-refractivity contribution in [3.63, 3.8) is 0 Å². The van der Waals surface area contributed by atoms with Crippen molar-refractivity contribution >= 4 is 21.9 Å². The molecule has 70 valence electrons. The summed E-state index contributed by atoms with van der Waals surface area (Å²) in [4.78, 5) is 18.8. The Morgan fingerprint density at radius 2 is 2.15 bits per heavy atom. The number of halogens is 1. The minimum atomic E-state index is -0.256. The molecule has 0 amide bonds. The molecule has 0 fully saturated rings. The van der Waals surface area contributed by atoms with E-state index < -0.39 is 0 Å². The number of ether oxygens (including phenoxy) is 1. The van der Waals surface area contributed by atoms with E-state index in [1.807, 2.05) is 0 Å². The van der Waals surface area contributed by atoms with Crippen molar-refractivity contribution in [2.45, 2.75) is 13.3 Å². The standard InChI is InChI=1S/C8H9BrN2O2/c1-2-13-7(12)3-6-4-10-8(9)11-5-6/h4-5H,2-3H2,1H3. The van der Waals surface area contributed by atoms with Gasteiger partial charge in [0.1, 0.15) is 0 Å². The Balaban J connectivity index is 2.54. The smallest absolute Gasteiger partial charge is 0.310 e. The fourth-order valence-corrected chi connectivity index (χ4v) is 1.01. The molecule has 0 bridgehead atoms. The Morgan fingerprint density at radius 3 is 2.69 bits per heavy atom. The molecule has 0 saturated heterocycles. The van der Waals surface area contributed by atoms with Gasteiger partial charge in [0.15, 0.2) is 4.73 Å². The summed E-state index contributed by atoms with van der Waals surface area (Å²) in [6.07, 6.45) is 3.41. The fraction of sp³-hybridized carbons (Fsp3) is 0.375. The molecule has 0 aliphatic heterocycles. The first kappa shape index (κ1) is 10.1. The minimum Gasteiger partial charge on any atom is -0.466 e. The molecule has 1 heterocycles. The van der Waals surface area contributed by atoms with Gasteiger partial charge < -0.3 is 4.74 Å². The van der Waals surface area contributed by atoms with Crippen LogP contribution < -0.4 is 0 Å². The van der Waals surface area contributed by atoms with Gasteiger partial charge in [0.2, 0.25) is 0 Å². The quantitative estimate of drug-likeness (QED) is 0.595. The highest BCUT2D eigenvalue weighted by molar-refractivity contribution is 9.10. The van der Waals surface area contributed by atoms with E-state index >= 15 is 0 Å². The first-order chi connectivity index (χ1) is 6.22. The molecular formula is C8H9BrN2O2. The summed E-state index contributed by atoms with van der Waals surface area (Å²) in [7, 11) is 0. The highest BCUT2D eigenvalue weighted by Crippen LogP contribution is 2.03. The summed E-state index contributed by atoms with van der Waals surface area (Å²) in [5.74, 6) is -0.256. The second-order valence-corrected chi connectivity index (χ2v) is 3.05. The molecule has 1 rings (SSSR count). The van der Waals surface area contributed by atoms with E-state index in [-0.39, 0.29) is 12.4 Å². The van der Waals surface area contributed by atoms with E-state index in [4.69, 9.17) is 4.74 Å². The van der Waals surface area contributed by atoms with Gasteiger partial charge in [-0.1, -0.05) is 0 Å². The van der Waals surface area contributed by atoms with Gasteiger partial charge in [-0.15, -0.1) is 0 Å². The van der Waals surface area contributed by atoms with Crippen molar-refractivity contribution in [3.05, 3.63) is 22.7 Å². The van der Waals surface area contributed by atoms with Crippen molar-refractivity contribution in [1.29, 1.82) is 0 Å². The predicted octanol–water partition coefficient (Wildman–Crippen LogP) is 1.34. The van der Waals surface area contributed by atoms with Crippen LogP contribution in [0.15, 0.2) is 17.1 Å². The van der Waals surface area contributed by atoms with Gasteiger partial charge in [0.25, 0.3) is 0 Å². The average molecular weight is 245 g/mol. The molecule has 0 saturated carbocycles. The van der Waals surface area contributed by atoms with E-state index in [1.165, 1.54) is 0 Å². The lowest BCUT2D eigenvalue weighted by Gasteiger charge is -2.00. The highest BCUT2D eigenvalue weighted by Gasteiger charge is 2.03. The van der Waals surface area contributed by atoms with Gasteiger partial charge in [-0.25, -0.2) is 9.97 Å². The second kappa shape index (κ2) is 4.91. The number of carbonyl (C=O) groups excluding carboxylic acids is 1. The van der Waals surface area contributed by atoms with Crippen LogP contribution in [0.1, 0.15) is 12.5 Å². The summed E-state index contributed by atoms with van der Waals surface area (Å²) < 4.78 is 5.28. The summed E-state index contributed by atoms with van der Waals surface area (Å²) in [5, 5.41) is 0. The molecule has 1 aromatic heterocycles. The lowest BCUT2D eigenvalue weighted by atomic mass is 10.2. The monoisotopic (exact) mass is 244 g/mol. The largest absolute Gasteiger partial charge is 0.466 e. The Hall–Kier alpha value is -0.970. The van der Waals surface area contributed by atoms with Gasteiger partial charge in [0.05, 0.1) is 13.0 Å². The van der Waals surface area contributed by atoms with Gasteiger partial charge >= 0.3 is 5.97 Å². The van der Waals surface area contributed by atoms with Gasteiger partial charge in [-0.2, -0.15) is 0 Å². The van der Waals surface area contributed by atoms with Gasteiger partial charge in [0, 0.05) is 12.4 Å². The van der Waals surface area contributed by atoms with E-state index in [1.54, 1.807) is 19.3 Å². The molecule has 0 N–H and O–H groups in total. The maximum atomic E-state index is 11.0. The van der Waals surface area contributed by atoms with Crippen LogP contribution in [0.5, 0.6) is 0 Å². The number of nitrogens with zero attached hydrogens (tertiary/aromatic N) is 2. The van der Waals surface area contributed by atoms with E-state index in [2.05, 4.69) is 25.9 Å². The molecule has 13 heavy (non-hydrogen) atoms. The van der Waals surface area contributed by atoms with E-state index in [0.717, 1.165) is 5.56 Å². The van der Waals surface area contributed by atoms with Crippen molar-refractivity contribution in [2.75, 3.05) is 6.61 Å². The van der Waals surface area contributed by atoms with Crippen molar-refractivity contribution in [1.82, 2.24) is 9.97 Å². The topological polar surface area (TPSA) is 52.1 Å². The zero-order chi connectivity index (χ0) is 9.68. The first-order valence-corrected chi connectivity index (χ1v) is 4.63. The highest BCUT2D eigenvalue weighted by atomic mass is 79.9. The second-order valence-electron chi connectivity index (χ2n) is 2.34. The third kappa shape index (κ3) is 3.50. The van der Waals surface area contributed by atoms with Crippen molar-refractivity contribution in [3.8, 4) is 0 Å². The van der Waals surface area contributed by atoms with Crippen molar-refractivity contribution in [2.24, 2.45) is 0 Å². The number of hydrogen-bond donors (Lipinski definition) is 0. The number of rotatable bonds is 3. The summed E-state index contributed by atoms with van der Waals surface area (Å²) in [6.45, 7) is 2.17. The van der Waals surface area contributed by atoms with Crippen LogP contribution in [0.3, 0.4) is 0 Å². The van der Waals surface area contributed by atoms with Crippen LogP contribution in [-0.4, -0.2) is 22.5 Å². The van der Waals surface area contributed by atoms with Crippen LogP contribution in [0, 0.1) is 0 Å². The summed E-state index contributed by atoms with van der Waals surface area (Å²) >= 11 is 3.10.